The fourth-order valence-electron chi connectivity index (χ4n) is 0.642. The van der Waals surface area contributed by atoms with E-state index in [0.29, 0.717) is 18.4 Å². The molecule has 11 heavy (non-hydrogen) atoms. The predicted octanol–water partition coefficient (Wildman–Crippen LogP) is 0.884. The normalized spacial score (nSPS) is 9.27. The van der Waals surface area contributed by atoms with Gasteiger partial charge in [-0.3, -0.25) is 0 Å². The molecule has 0 saturated heterocycles. The van der Waals surface area contributed by atoms with Gasteiger partial charge in [-0.15, -0.1) is 10.2 Å². The molecule has 0 aliphatic rings. The molecule has 1 aromatic heterocycles. The molecule has 0 atom stereocenters. The Morgan fingerprint density at radius 1 is 1.27 bits per heavy atom. The number of hydrogen-bond donors (Lipinski definition) is 0. The molecule has 0 saturated carbocycles. The number of hydrogen-bond acceptors (Lipinski definition) is 4. The molecule has 0 amide bonds. The maximum absolute atomic E-state index is 5.08. The van der Waals surface area contributed by atoms with Crippen LogP contribution >= 0.6 is 0 Å². The Balaban J connectivity index is 2.66. The lowest BCUT2D eigenvalue weighted by Gasteiger charge is -2.00. The number of nitrogens with zero attached hydrogens (tertiary/aromatic N) is 2. The van der Waals surface area contributed by atoms with Gasteiger partial charge in [0.15, 0.2) is 0 Å². The fraction of sp³-hybridized carbons (Fsp3) is 0.429. The van der Waals surface area contributed by atoms with Crippen LogP contribution in [-0.2, 0) is 0 Å². The minimum absolute atomic E-state index is 0.494. The Morgan fingerprint density at radius 2 is 1.91 bits per heavy atom. The van der Waals surface area contributed by atoms with Crippen molar-refractivity contribution in [2.45, 2.75) is 6.92 Å². The van der Waals surface area contributed by atoms with Crippen molar-refractivity contribution in [2.24, 2.45) is 0 Å². The quantitative estimate of drug-likeness (QED) is 0.648. The third kappa shape index (κ3) is 2.07. The smallest absolute Gasteiger partial charge is 0.233 e. The number of methoxy groups -OCH3 is 1. The van der Waals surface area contributed by atoms with Crippen LogP contribution in [0.15, 0.2) is 12.1 Å². The van der Waals surface area contributed by atoms with Crippen molar-refractivity contribution < 1.29 is 9.47 Å². The van der Waals surface area contributed by atoms with Gasteiger partial charge in [-0.1, -0.05) is 0 Å². The van der Waals surface area contributed by atoms with Crippen molar-refractivity contribution in [3.63, 3.8) is 0 Å². The minimum atomic E-state index is 0.494. The van der Waals surface area contributed by atoms with Crippen molar-refractivity contribution in [2.75, 3.05) is 13.7 Å². The van der Waals surface area contributed by atoms with Gasteiger partial charge in [-0.2, -0.15) is 0 Å². The van der Waals surface area contributed by atoms with Crippen LogP contribution in [0.2, 0.25) is 0 Å². The van der Waals surface area contributed by atoms with Crippen LogP contribution in [0.3, 0.4) is 0 Å². The Kier molecular flexibility index (Phi) is 2.66. The van der Waals surface area contributed by atoms with E-state index in [4.69, 9.17) is 9.47 Å². The summed E-state index contributed by atoms with van der Waals surface area (Å²) in [7, 11) is 1.55. The Morgan fingerprint density at radius 3 is 2.36 bits per heavy atom. The van der Waals surface area contributed by atoms with Crippen LogP contribution in [0.5, 0.6) is 11.8 Å². The van der Waals surface area contributed by atoms with Crippen molar-refractivity contribution >= 4 is 0 Å². The summed E-state index contributed by atoms with van der Waals surface area (Å²) in [5.41, 5.74) is 0. The van der Waals surface area contributed by atoms with Gasteiger partial charge in [0.25, 0.3) is 0 Å². The minimum Gasteiger partial charge on any atom is -0.480 e. The van der Waals surface area contributed by atoms with Gasteiger partial charge in [-0.05, 0) is 6.92 Å². The molecular weight excluding hydrogens is 144 g/mol. The van der Waals surface area contributed by atoms with Gasteiger partial charge in [0.2, 0.25) is 11.8 Å². The molecule has 0 aliphatic heterocycles. The fourth-order valence-corrected chi connectivity index (χ4v) is 0.642. The zero-order chi connectivity index (χ0) is 8.10. The summed E-state index contributed by atoms with van der Waals surface area (Å²) in [5, 5.41) is 7.46. The number of aromatic nitrogens is 2. The second-order valence-electron chi connectivity index (χ2n) is 1.85. The molecular formula is C7H10N2O2. The number of rotatable bonds is 3. The summed E-state index contributed by atoms with van der Waals surface area (Å²) >= 11 is 0. The van der Waals surface area contributed by atoms with Gasteiger partial charge in [0, 0.05) is 12.1 Å². The molecule has 0 radical (unpaired) electrons. The van der Waals surface area contributed by atoms with Crippen molar-refractivity contribution in [3.05, 3.63) is 12.1 Å². The van der Waals surface area contributed by atoms with E-state index in [2.05, 4.69) is 10.2 Å². The first-order valence-corrected chi connectivity index (χ1v) is 3.37. The van der Waals surface area contributed by atoms with Crippen LogP contribution in [0, 0.1) is 0 Å². The average Bonchev–Trinajstić information content (AvgIpc) is 2.07. The van der Waals surface area contributed by atoms with Crippen molar-refractivity contribution in [3.8, 4) is 11.8 Å². The first-order chi connectivity index (χ1) is 5.36. The maximum Gasteiger partial charge on any atom is 0.233 e. The van der Waals surface area contributed by atoms with E-state index >= 15 is 0 Å². The van der Waals surface area contributed by atoms with Crippen molar-refractivity contribution in [1.29, 1.82) is 0 Å². The summed E-state index contributed by atoms with van der Waals surface area (Å²) in [6.45, 7) is 2.49. The molecule has 1 aromatic rings. The van der Waals surface area contributed by atoms with Crippen LogP contribution in [0.1, 0.15) is 6.92 Å². The van der Waals surface area contributed by atoms with E-state index in [1.165, 1.54) is 0 Å². The molecule has 0 bridgehead atoms. The molecule has 0 fully saturated rings. The molecule has 0 unspecified atom stereocenters. The molecule has 0 aliphatic carbocycles. The molecule has 1 rings (SSSR count). The highest BCUT2D eigenvalue weighted by molar-refractivity contribution is 5.14. The maximum atomic E-state index is 5.08. The zero-order valence-corrected chi connectivity index (χ0v) is 6.57. The van der Waals surface area contributed by atoms with Crippen LogP contribution in [0.25, 0.3) is 0 Å². The SMILES string of the molecule is CCOc1ccc(OC)nn1. The van der Waals surface area contributed by atoms with E-state index in [1.54, 1.807) is 19.2 Å². The molecule has 0 N–H and O–H groups in total. The first-order valence-electron chi connectivity index (χ1n) is 3.37. The lowest BCUT2D eigenvalue weighted by Crippen LogP contribution is -1.96. The first kappa shape index (κ1) is 7.78. The molecule has 1 heterocycles. The highest BCUT2D eigenvalue weighted by Crippen LogP contribution is 2.08. The standard InChI is InChI=1S/C7H10N2O2/c1-3-11-7-5-4-6(10-2)8-9-7/h4-5H,3H2,1-2H3. The van der Waals surface area contributed by atoms with Gasteiger partial charge in [0.1, 0.15) is 0 Å². The second kappa shape index (κ2) is 3.75. The van der Waals surface area contributed by atoms with E-state index in [9.17, 15) is 0 Å². The highest BCUT2D eigenvalue weighted by atomic mass is 16.5. The van der Waals surface area contributed by atoms with E-state index in [1.807, 2.05) is 6.92 Å². The van der Waals surface area contributed by atoms with Crippen molar-refractivity contribution in [1.82, 2.24) is 10.2 Å². The van der Waals surface area contributed by atoms with Gasteiger partial charge < -0.3 is 9.47 Å². The second-order valence-corrected chi connectivity index (χ2v) is 1.85. The Hall–Kier alpha value is -1.32. The molecule has 60 valence electrons. The van der Waals surface area contributed by atoms with Gasteiger partial charge in [-0.25, -0.2) is 0 Å². The van der Waals surface area contributed by atoms with Gasteiger partial charge in [0.05, 0.1) is 13.7 Å². The predicted molar refractivity (Wildman–Crippen MR) is 39.8 cm³/mol. The molecule has 0 aromatic carbocycles. The van der Waals surface area contributed by atoms with E-state index < -0.39 is 0 Å². The Labute approximate surface area is 65.2 Å². The summed E-state index contributed by atoms with van der Waals surface area (Å²) in [5.74, 6) is 1.02. The molecule has 4 nitrogen and oxygen atoms in total. The topological polar surface area (TPSA) is 44.2 Å². The largest absolute Gasteiger partial charge is 0.480 e. The van der Waals surface area contributed by atoms with Crippen LogP contribution in [-0.4, -0.2) is 23.9 Å². The van der Waals surface area contributed by atoms with E-state index in [-0.39, 0.29) is 0 Å². The Bertz CT molecular complexity index is 210. The highest BCUT2D eigenvalue weighted by Gasteiger charge is 1.95. The van der Waals surface area contributed by atoms with Gasteiger partial charge >= 0.3 is 0 Å². The zero-order valence-electron chi connectivity index (χ0n) is 6.57. The summed E-state index contributed by atoms with van der Waals surface area (Å²) < 4.78 is 9.89. The number of ether oxygens (including phenoxy) is 2. The monoisotopic (exact) mass is 154 g/mol. The molecule has 0 spiro atoms. The lowest BCUT2D eigenvalue weighted by molar-refractivity contribution is 0.317. The third-order valence-corrected chi connectivity index (χ3v) is 1.12. The van der Waals surface area contributed by atoms with E-state index in [0.717, 1.165) is 0 Å². The van der Waals surface area contributed by atoms with Crippen LogP contribution in [0.4, 0.5) is 0 Å². The summed E-state index contributed by atoms with van der Waals surface area (Å²) in [6, 6.07) is 3.42. The molecule has 4 heteroatoms. The average molecular weight is 154 g/mol. The van der Waals surface area contributed by atoms with Crippen LogP contribution < -0.4 is 9.47 Å². The summed E-state index contributed by atoms with van der Waals surface area (Å²) in [6.07, 6.45) is 0. The lowest BCUT2D eigenvalue weighted by atomic mass is 10.5. The summed E-state index contributed by atoms with van der Waals surface area (Å²) in [4.78, 5) is 0. The third-order valence-electron chi connectivity index (χ3n) is 1.12.